The second kappa shape index (κ2) is 5.49. The Balaban J connectivity index is 2.19. The molecule has 2 aromatic rings. The second-order valence-corrected chi connectivity index (χ2v) is 4.10. The van der Waals surface area contributed by atoms with E-state index >= 15 is 0 Å². The number of aromatic nitrogens is 2. The average Bonchev–Trinajstić information content (AvgIpc) is 2.78. The van der Waals surface area contributed by atoms with Crippen LogP contribution in [0.15, 0.2) is 33.7 Å². The van der Waals surface area contributed by atoms with E-state index in [-0.39, 0.29) is 13.2 Å². The quantitative estimate of drug-likeness (QED) is 0.864. The van der Waals surface area contributed by atoms with E-state index in [2.05, 4.69) is 5.16 Å². The standard InChI is InChI=1S/C12H11F3N2O3/c1-19-7-10-5-9(16-20-10)6-17-3-2-8(4-11(17)18)12(13,14)15/h2-5H,6-7H2,1H3. The van der Waals surface area contributed by atoms with Crippen LogP contribution in [0.25, 0.3) is 0 Å². The van der Waals surface area contributed by atoms with Crippen molar-refractivity contribution in [2.24, 2.45) is 0 Å². The highest BCUT2D eigenvalue weighted by Crippen LogP contribution is 2.27. The number of methoxy groups -OCH3 is 1. The molecule has 0 N–H and O–H groups in total. The van der Waals surface area contributed by atoms with Gasteiger partial charge < -0.3 is 13.8 Å². The molecule has 0 aromatic carbocycles. The Labute approximate surface area is 111 Å². The number of rotatable bonds is 4. The monoisotopic (exact) mass is 288 g/mol. The highest BCUT2D eigenvalue weighted by molar-refractivity contribution is 5.15. The maximum atomic E-state index is 12.4. The van der Waals surface area contributed by atoms with Gasteiger partial charge in [-0.2, -0.15) is 13.2 Å². The fourth-order valence-corrected chi connectivity index (χ4v) is 1.63. The highest BCUT2D eigenvalue weighted by atomic mass is 19.4. The van der Waals surface area contributed by atoms with Crippen molar-refractivity contribution in [3.05, 3.63) is 51.8 Å². The van der Waals surface area contributed by atoms with Crippen LogP contribution in [-0.2, 0) is 24.1 Å². The van der Waals surface area contributed by atoms with E-state index in [1.807, 2.05) is 0 Å². The lowest BCUT2D eigenvalue weighted by molar-refractivity contribution is -0.137. The fraction of sp³-hybridized carbons (Fsp3) is 0.333. The summed E-state index contributed by atoms with van der Waals surface area (Å²) in [5.41, 5.74) is -1.30. The molecule has 20 heavy (non-hydrogen) atoms. The SMILES string of the molecule is COCc1cc(Cn2ccc(C(F)(F)F)cc2=O)no1. The van der Waals surface area contributed by atoms with Gasteiger partial charge in [0.1, 0.15) is 12.3 Å². The van der Waals surface area contributed by atoms with Gasteiger partial charge in [-0.15, -0.1) is 0 Å². The Morgan fingerprint density at radius 1 is 1.40 bits per heavy atom. The van der Waals surface area contributed by atoms with Gasteiger partial charge >= 0.3 is 6.18 Å². The van der Waals surface area contributed by atoms with E-state index in [0.29, 0.717) is 17.5 Å². The van der Waals surface area contributed by atoms with Gasteiger partial charge in [-0.1, -0.05) is 5.16 Å². The molecule has 5 nitrogen and oxygen atoms in total. The molecule has 108 valence electrons. The third kappa shape index (κ3) is 3.27. The molecule has 2 aromatic heterocycles. The zero-order valence-electron chi connectivity index (χ0n) is 10.5. The molecule has 0 fully saturated rings. The zero-order valence-corrected chi connectivity index (χ0v) is 10.5. The Hall–Kier alpha value is -2.09. The molecule has 0 aliphatic carbocycles. The van der Waals surface area contributed by atoms with Crippen molar-refractivity contribution < 1.29 is 22.4 Å². The first-order valence-electron chi connectivity index (χ1n) is 5.61. The molecule has 0 aliphatic rings. The summed E-state index contributed by atoms with van der Waals surface area (Å²) in [5.74, 6) is 0.475. The van der Waals surface area contributed by atoms with Crippen LogP contribution in [0.1, 0.15) is 17.0 Å². The normalized spacial score (nSPS) is 11.8. The molecule has 0 saturated heterocycles. The van der Waals surface area contributed by atoms with Gasteiger partial charge in [0.25, 0.3) is 5.56 Å². The van der Waals surface area contributed by atoms with Crippen molar-refractivity contribution in [2.75, 3.05) is 7.11 Å². The van der Waals surface area contributed by atoms with Crippen LogP contribution in [0.3, 0.4) is 0 Å². The third-order valence-corrected chi connectivity index (χ3v) is 2.55. The topological polar surface area (TPSA) is 57.3 Å². The summed E-state index contributed by atoms with van der Waals surface area (Å²) in [6.07, 6.45) is -3.45. The van der Waals surface area contributed by atoms with Crippen molar-refractivity contribution in [1.82, 2.24) is 9.72 Å². The van der Waals surface area contributed by atoms with E-state index in [1.54, 1.807) is 6.07 Å². The van der Waals surface area contributed by atoms with Crippen LogP contribution in [-0.4, -0.2) is 16.8 Å². The smallest absolute Gasteiger partial charge is 0.377 e. The van der Waals surface area contributed by atoms with Crippen LogP contribution < -0.4 is 5.56 Å². The summed E-state index contributed by atoms with van der Waals surface area (Å²) in [6.45, 7) is 0.263. The molecule has 2 heterocycles. The maximum absolute atomic E-state index is 12.4. The van der Waals surface area contributed by atoms with Crippen LogP contribution in [0, 0.1) is 0 Å². The molecule has 0 saturated carbocycles. The first-order chi connectivity index (χ1) is 9.40. The molecular weight excluding hydrogens is 277 g/mol. The van der Waals surface area contributed by atoms with Gasteiger partial charge in [0.05, 0.1) is 12.1 Å². The first-order valence-corrected chi connectivity index (χ1v) is 5.61. The predicted octanol–water partition coefficient (Wildman–Crippen LogP) is 2.05. The number of pyridine rings is 1. The van der Waals surface area contributed by atoms with E-state index in [0.717, 1.165) is 16.8 Å². The van der Waals surface area contributed by atoms with Gasteiger partial charge in [0.15, 0.2) is 5.76 Å². The van der Waals surface area contributed by atoms with Crippen molar-refractivity contribution >= 4 is 0 Å². The molecule has 0 atom stereocenters. The lowest BCUT2D eigenvalue weighted by atomic mass is 10.2. The van der Waals surface area contributed by atoms with E-state index in [4.69, 9.17) is 9.26 Å². The van der Waals surface area contributed by atoms with Gasteiger partial charge in [0, 0.05) is 25.4 Å². The lowest BCUT2D eigenvalue weighted by Gasteiger charge is -2.08. The molecule has 0 aliphatic heterocycles. The van der Waals surface area contributed by atoms with Crippen molar-refractivity contribution in [2.45, 2.75) is 19.3 Å². The largest absolute Gasteiger partial charge is 0.416 e. The minimum Gasteiger partial charge on any atom is -0.377 e. The summed E-state index contributed by atoms with van der Waals surface area (Å²) < 4.78 is 48.2. The lowest BCUT2D eigenvalue weighted by Crippen LogP contribution is -2.22. The summed E-state index contributed by atoms with van der Waals surface area (Å²) in [6, 6.07) is 2.97. The molecule has 0 spiro atoms. The molecule has 0 unspecified atom stereocenters. The van der Waals surface area contributed by atoms with Crippen molar-refractivity contribution in [1.29, 1.82) is 0 Å². The Morgan fingerprint density at radius 3 is 2.75 bits per heavy atom. The number of hydrogen-bond donors (Lipinski definition) is 0. The van der Waals surface area contributed by atoms with Crippen molar-refractivity contribution in [3.63, 3.8) is 0 Å². The number of halogens is 3. The van der Waals surface area contributed by atoms with Crippen LogP contribution in [0.4, 0.5) is 13.2 Å². The Kier molecular flexibility index (Phi) is 3.93. The van der Waals surface area contributed by atoms with Gasteiger partial charge in [-0.05, 0) is 6.07 Å². The average molecular weight is 288 g/mol. The van der Waals surface area contributed by atoms with Crippen LogP contribution in [0.5, 0.6) is 0 Å². The van der Waals surface area contributed by atoms with Crippen LogP contribution in [0.2, 0.25) is 0 Å². The summed E-state index contributed by atoms with van der Waals surface area (Å²) in [5, 5.41) is 3.71. The number of nitrogens with zero attached hydrogens (tertiary/aromatic N) is 2. The predicted molar refractivity (Wildman–Crippen MR) is 62.0 cm³/mol. The zero-order chi connectivity index (χ0) is 14.8. The number of ether oxygens (including phenoxy) is 1. The van der Waals surface area contributed by atoms with Crippen molar-refractivity contribution in [3.8, 4) is 0 Å². The summed E-state index contributed by atoms with van der Waals surface area (Å²) >= 11 is 0. The molecule has 0 amide bonds. The Morgan fingerprint density at radius 2 is 2.15 bits per heavy atom. The van der Waals surface area contributed by atoms with E-state index in [1.165, 1.54) is 7.11 Å². The van der Waals surface area contributed by atoms with Gasteiger partial charge in [-0.3, -0.25) is 4.79 Å². The van der Waals surface area contributed by atoms with Gasteiger partial charge in [0.2, 0.25) is 0 Å². The number of hydrogen-bond acceptors (Lipinski definition) is 4. The fourth-order valence-electron chi connectivity index (χ4n) is 1.63. The van der Waals surface area contributed by atoms with E-state index < -0.39 is 17.3 Å². The van der Waals surface area contributed by atoms with E-state index in [9.17, 15) is 18.0 Å². The molecule has 8 heteroatoms. The minimum atomic E-state index is -4.53. The molecule has 0 bridgehead atoms. The molecule has 2 rings (SSSR count). The van der Waals surface area contributed by atoms with Crippen LogP contribution >= 0.6 is 0 Å². The van der Waals surface area contributed by atoms with Gasteiger partial charge in [-0.25, -0.2) is 0 Å². The summed E-state index contributed by atoms with van der Waals surface area (Å²) in [7, 11) is 1.49. The Bertz CT molecular complexity index is 646. The number of alkyl halides is 3. The highest BCUT2D eigenvalue weighted by Gasteiger charge is 2.30. The third-order valence-electron chi connectivity index (χ3n) is 2.55. The summed E-state index contributed by atoms with van der Waals surface area (Å²) in [4.78, 5) is 11.6. The molecule has 0 radical (unpaired) electrons. The minimum absolute atomic E-state index is 0.0319. The molecular formula is C12H11F3N2O3. The maximum Gasteiger partial charge on any atom is 0.416 e. The first kappa shape index (κ1) is 14.3. The second-order valence-electron chi connectivity index (χ2n) is 4.10.